The van der Waals surface area contributed by atoms with Gasteiger partial charge in [-0.1, -0.05) is 11.2 Å². The Bertz CT molecular complexity index is 105. The van der Waals surface area contributed by atoms with E-state index in [1.807, 2.05) is 0 Å². The van der Waals surface area contributed by atoms with Crippen LogP contribution < -0.4 is 5.43 Å². The van der Waals surface area contributed by atoms with Gasteiger partial charge in [-0.2, -0.15) is 0 Å². The van der Waals surface area contributed by atoms with Gasteiger partial charge < -0.3 is 0 Å². The molecule has 0 aliphatic heterocycles. The first kappa shape index (κ1) is 6.92. The molecule has 0 aromatic carbocycles. The Balaban J connectivity index is 2.93. The van der Waals surface area contributed by atoms with E-state index in [2.05, 4.69) is 17.1 Å². The molecule has 8 heavy (non-hydrogen) atoms. The van der Waals surface area contributed by atoms with Crippen molar-refractivity contribution in [2.24, 2.45) is 5.10 Å². The summed E-state index contributed by atoms with van der Waals surface area (Å²) in [5.41, 5.74) is 2.47. The van der Waals surface area contributed by atoms with Gasteiger partial charge >= 0.3 is 0 Å². The largest absolute Gasteiger partial charge is 0.299 e. The summed E-state index contributed by atoms with van der Waals surface area (Å²) in [5, 5.41) is 3.11. The molecule has 0 aliphatic rings. The molecule has 0 bridgehead atoms. The molecule has 0 aliphatic carbocycles. The molecule has 0 saturated heterocycles. The zero-order valence-electron chi connectivity index (χ0n) is 4.55. The average molecular weight is 112 g/mol. The summed E-state index contributed by atoms with van der Waals surface area (Å²) >= 11 is 0. The van der Waals surface area contributed by atoms with Crippen LogP contribution in [0.15, 0.2) is 17.8 Å². The summed E-state index contributed by atoms with van der Waals surface area (Å²) in [6.07, 6.45) is 3.91. The molecule has 0 saturated carbocycles. The van der Waals surface area contributed by atoms with E-state index in [1.54, 1.807) is 6.08 Å². The molecule has 0 rings (SSSR count). The van der Waals surface area contributed by atoms with Crippen LogP contribution in [0, 0.1) is 0 Å². The van der Waals surface area contributed by atoms with Crippen LogP contribution in [0.2, 0.25) is 0 Å². The van der Waals surface area contributed by atoms with Crippen LogP contribution in [0.25, 0.3) is 0 Å². The van der Waals surface area contributed by atoms with Crippen LogP contribution in [-0.2, 0) is 4.79 Å². The van der Waals surface area contributed by atoms with E-state index in [0.29, 0.717) is 6.54 Å². The van der Waals surface area contributed by atoms with Crippen molar-refractivity contribution in [1.82, 2.24) is 5.43 Å². The molecule has 0 amide bonds. The Morgan fingerprint density at radius 1 is 1.88 bits per heavy atom. The Labute approximate surface area is 48.1 Å². The maximum atomic E-state index is 9.39. The third kappa shape index (κ3) is 4.92. The number of nitrogens with zero attached hydrogens (tertiary/aromatic N) is 1. The highest BCUT2D eigenvalue weighted by Crippen LogP contribution is 1.72. The Morgan fingerprint density at radius 3 is 3.12 bits per heavy atom. The minimum Gasteiger partial charge on any atom is -0.299 e. The maximum Gasteiger partial charge on any atom is 0.258 e. The number of hydrazone groups is 1. The van der Waals surface area contributed by atoms with Crippen molar-refractivity contribution < 1.29 is 4.79 Å². The lowest BCUT2D eigenvalue weighted by atomic mass is 10.4. The van der Waals surface area contributed by atoms with Crippen LogP contribution in [0.4, 0.5) is 0 Å². The van der Waals surface area contributed by atoms with Crippen LogP contribution in [-0.4, -0.2) is 12.6 Å². The first-order valence-electron chi connectivity index (χ1n) is 2.32. The van der Waals surface area contributed by atoms with Crippen molar-refractivity contribution in [3.05, 3.63) is 12.7 Å². The molecule has 0 atom stereocenters. The molecule has 0 aromatic heterocycles. The van der Waals surface area contributed by atoms with Crippen molar-refractivity contribution >= 4 is 6.08 Å². The number of isocyanates is 1. The van der Waals surface area contributed by atoms with Gasteiger partial charge in [0.25, 0.3) is 6.08 Å². The summed E-state index contributed by atoms with van der Waals surface area (Å²) in [5.74, 6) is 0. The van der Waals surface area contributed by atoms with E-state index in [0.717, 1.165) is 6.42 Å². The van der Waals surface area contributed by atoms with Gasteiger partial charge in [0.2, 0.25) is 0 Å². The first-order valence-corrected chi connectivity index (χ1v) is 2.32. The smallest absolute Gasteiger partial charge is 0.258 e. The molecule has 44 valence electrons. The summed E-state index contributed by atoms with van der Waals surface area (Å²) in [7, 11) is 0. The van der Waals surface area contributed by atoms with Gasteiger partial charge in [0.1, 0.15) is 0 Å². The molecule has 3 nitrogen and oxygen atoms in total. The molecule has 0 unspecified atom stereocenters. The number of hydrogen-bond donors (Lipinski definition) is 1. The summed E-state index contributed by atoms with van der Waals surface area (Å²) < 4.78 is 0. The summed E-state index contributed by atoms with van der Waals surface area (Å²) in [4.78, 5) is 9.39. The highest BCUT2D eigenvalue weighted by atomic mass is 16.1. The van der Waals surface area contributed by atoms with E-state index in [9.17, 15) is 4.79 Å². The fourth-order valence-corrected chi connectivity index (χ4v) is 0.255. The third-order valence-electron chi connectivity index (χ3n) is 0.585. The summed E-state index contributed by atoms with van der Waals surface area (Å²) in [6.45, 7) is 4.13. The predicted octanol–water partition coefficient (Wildman–Crippen LogP) is 0.403. The van der Waals surface area contributed by atoms with Crippen molar-refractivity contribution in [2.45, 2.75) is 6.42 Å². The second kappa shape index (κ2) is 5.92. The quantitative estimate of drug-likeness (QED) is 0.188. The monoisotopic (exact) mass is 112 g/mol. The van der Waals surface area contributed by atoms with Crippen LogP contribution in [0.1, 0.15) is 6.42 Å². The molecule has 0 aromatic rings. The van der Waals surface area contributed by atoms with Crippen molar-refractivity contribution in [3.8, 4) is 0 Å². The first-order chi connectivity index (χ1) is 3.91. The summed E-state index contributed by atoms with van der Waals surface area (Å²) in [6, 6.07) is 0. The number of hydrogen-bond acceptors (Lipinski definition) is 3. The minimum absolute atomic E-state index is 0.652. The van der Waals surface area contributed by atoms with Crippen LogP contribution in [0.3, 0.4) is 0 Å². The average Bonchev–Trinajstić information content (AvgIpc) is 1.81. The minimum atomic E-state index is 0.652. The fourth-order valence-electron chi connectivity index (χ4n) is 0.255. The van der Waals surface area contributed by atoms with Crippen LogP contribution >= 0.6 is 0 Å². The highest BCUT2D eigenvalue weighted by Gasteiger charge is 1.73. The van der Waals surface area contributed by atoms with Crippen molar-refractivity contribution in [2.75, 3.05) is 6.54 Å². The van der Waals surface area contributed by atoms with Gasteiger partial charge in [-0.15, -0.1) is 6.58 Å². The zero-order valence-corrected chi connectivity index (χ0v) is 4.55. The molecule has 0 radical (unpaired) electrons. The number of carbonyl (C=O) groups excluding carboxylic acids is 1. The SMILES string of the molecule is C=CCCNN=C=O. The Morgan fingerprint density at radius 2 is 2.62 bits per heavy atom. The van der Waals surface area contributed by atoms with Crippen molar-refractivity contribution in [3.63, 3.8) is 0 Å². The molecular formula is C5H8N2O. The lowest BCUT2D eigenvalue weighted by Crippen LogP contribution is -2.04. The van der Waals surface area contributed by atoms with E-state index in [1.165, 1.54) is 6.08 Å². The number of nitrogens with one attached hydrogen (secondary N) is 1. The van der Waals surface area contributed by atoms with Gasteiger partial charge in [-0.25, -0.2) is 4.79 Å². The van der Waals surface area contributed by atoms with Crippen LogP contribution in [0.5, 0.6) is 0 Å². The van der Waals surface area contributed by atoms with E-state index in [4.69, 9.17) is 0 Å². The topological polar surface area (TPSA) is 41.5 Å². The Kier molecular flexibility index (Phi) is 5.12. The Hall–Kier alpha value is -1.08. The van der Waals surface area contributed by atoms with Gasteiger partial charge in [-0.05, 0) is 6.42 Å². The molecule has 0 fully saturated rings. The van der Waals surface area contributed by atoms with Crippen molar-refractivity contribution in [1.29, 1.82) is 0 Å². The van der Waals surface area contributed by atoms with E-state index < -0.39 is 0 Å². The lowest BCUT2D eigenvalue weighted by Gasteiger charge is -1.88. The second-order valence-corrected chi connectivity index (χ2v) is 1.19. The molecular weight excluding hydrogens is 104 g/mol. The van der Waals surface area contributed by atoms with Gasteiger partial charge in [0.05, 0.1) is 0 Å². The van der Waals surface area contributed by atoms with Gasteiger partial charge in [0, 0.05) is 6.54 Å². The van der Waals surface area contributed by atoms with Gasteiger partial charge in [-0.3, -0.25) is 5.43 Å². The van der Waals surface area contributed by atoms with E-state index in [-0.39, 0.29) is 0 Å². The van der Waals surface area contributed by atoms with Gasteiger partial charge in [0.15, 0.2) is 0 Å². The standard InChI is InChI=1S/C5H8N2O/c1-2-3-4-6-7-5-8/h2,6H,1,3-4H2. The predicted molar refractivity (Wildman–Crippen MR) is 30.9 cm³/mol. The molecule has 0 spiro atoms. The highest BCUT2D eigenvalue weighted by molar-refractivity contribution is 5.31. The maximum absolute atomic E-state index is 9.39. The molecule has 3 heteroatoms. The molecule has 1 N–H and O–H groups in total. The third-order valence-corrected chi connectivity index (χ3v) is 0.585. The lowest BCUT2D eigenvalue weighted by molar-refractivity contribution is 0.557. The molecule has 0 heterocycles. The second-order valence-electron chi connectivity index (χ2n) is 1.19. The fraction of sp³-hybridized carbons (Fsp3) is 0.400. The normalized spacial score (nSPS) is 7.00. The number of rotatable bonds is 4. The van der Waals surface area contributed by atoms with E-state index >= 15 is 0 Å². The zero-order chi connectivity index (χ0) is 6.24.